The molecule has 0 saturated heterocycles. The first-order chi connectivity index (χ1) is 15.1. The van der Waals surface area contributed by atoms with Crippen LogP contribution in [0.1, 0.15) is 27.7 Å². The van der Waals surface area contributed by atoms with E-state index in [1.165, 1.54) is 28.4 Å². The van der Waals surface area contributed by atoms with Crippen molar-refractivity contribution < 1.29 is 18.3 Å². The lowest BCUT2D eigenvalue weighted by Crippen LogP contribution is -2.29. The Morgan fingerprint density at radius 1 is 1.23 bits per heavy atom. The number of carbonyl (C=O) groups is 1. The predicted octanol–water partition coefficient (Wildman–Crippen LogP) is 4.70. The molecule has 8 heteroatoms. The van der Waals surface area contributed by atoms with Gasteiger partial charge in [-0.2, -0.15) is 0 Å². The largest absolute Gasteiger partial charge is 0.490 e. The number of anilines is 1. The third-order valence-corrected chi connectivity index (χ3v) is 5.79. The van der Waals surface area contributed by atoms with Gasteiger partial charge >= 0.3 is 0 Å². The first-order valence-electron chi connectivity index (χ1n) is 9.41. The van der Waals surface area contributed by atoms with Crippen molar-refractivity contribution in [3.8, 4) is 5.75 Å². The minimum atomic E-state index is -0.758. The maximum atomic E-state index is 13.8. The standard InChI is InChI=1S/C23H15FN2O4S/c1-2-10-29-15-6-3-13(4-7-15)19-18-20(27)16-12-14(24)5-8-17(16)30-21(18)22(28)26(19)23-25-9-11-31-23/h2-9,11-12,19H,1,10H2. The van der Waals surface area contributed by atoms with Gasteiger partial charge in [0, 0.05) is 11.6 Å². The molecule has 0 spiro atoms. The number of amides is 1. The van der Waals surface area contributed by atoms with E-state index in [1.807, 2.05) is 0 Å². The maximum absolute atomic E-state index is 13.8. The zero-order chi connectivity index (χ0) is 21.5. The summed E-state index contributed by atoms with van der Waals surface area (Å²) in [7, 11) is 0. The summed E-state index contributed by atoms with van der Waals surface area (Å²) < 4.78 is 25.1. The van der Waals surface area contributed by atoms with Crippen molar-refractivity contribution in [3.05, 3.63) is 99.6 Å². The van der Waals surface area contributed by atoms with E-state index in [4.69, 9.17) is 9.15 Å². The molecule has 6 nitrogen and oxygen atoms in total. The highest BCUT2D eigenvalue weighted by molar-refractivity contribution is 7.13. The number of nitrogens with zero attached hydrogens (tertiary/aromatic N) is 2. The molecule has 0 aliphatic carbocycles. The van der Waals surface area contributed by atoms with Crippen molar-refractivity contribution in [3.63, 3.8) is 0 Å². The van der Waals surface area contributed by atoms with Crippen LogP contribution in [-0.4, -0.2) is 17.5 Å². The molecule has 3 heterocycles. The lowest BCUT2D eigenvalue weighted by molar-refractivity contribution is 0.0971. The number of hydrogen-bond donors (Lipinski definition) is 0. The number of halogens is 1. The fourth-order valence-electron chi connectivity index (χ4n) is 3.69. The van der Waals surface area contributed by atoms with Crippen LogP contribution >= 0.6 is 11.3 Å². The number of aromatic nitrogens is 1. The number of carbonyl (C=O) groups excluding carboxylic acids is 1. The Labute approximate surface area is 179 Å². The molecule has 0 radical (unpaired) electrons. The SMILES string of the molecule is C=CCOc1ccc(C2c3c(oc4ccc(F)cc4c3=O)C(=O)N2c2nccs2)cc1. The average Bonchev–Trinajstić information content (AvgIpc) is 3.40. The molecule has 1 aliphatic heterocycles. The first-order valence-corrected chi connectivity index (χ1v) is 10.3. The van der Waals surface area contributed by atoms with E-state index in [2.05, 4.69) is 11.6 Å². The smallest absolute Gasteiger partial charge is 0.297 e. The van der Waals surface area contributed by atoms with Gasteiger partial charge in [-0.15, -0.1) is 11.3 Å². The van der Waals surface area contributed by atoms with Crippen molar-refractivity contribution in [2.75, 3.05) is 11.5 Å². The van der Waals surface area contributed by atoms with Crippen molar-refractivity contribution in [2.45, 2.75) is 6.04 Å². The highest BCUT2D eigenvalue weighted by atomic mass is 32.1. The summed E-state index contributed by atoms with van der Waals surface area (Å²) in [5.74, 6) is -0.454. The molecular formula is C23H15FN2O4S. The van der Waals surface area contributed by atoms with E-state index < -0.39 is 23.2 Å². The summed E-state index contributed by atoms with van der Waals surface area (Å²) in [5, 5.41) is 2.27. The molecule has 1 atom stereocenters. The van der Waals surface area contributed by atoms with Gasteiger partial charge in [-0.3, -0.25) is 14.5 Å². The van der Waals surface area contributed by atoms with E-state index in [0.717, 1.165) is 6.07 Å². The van der Waals surface area contributed by atoms with Crippen molar-refractivity contribution >= 4 is 33.3 Å². The van der Waals surface area contributed by atoms with E-state index in [1.54, 1.807) is 41.9 Å². The van der Waals surface area contributed by atoms with Crippen LogP contribution in [-0.2, 0) is 0 Å². The monoisotopic (exact) mass is 434 g/mol. The molecule has 5 rings (SSSR count). The zero-order valence-electron chi connectivity index (χ0n) is 16.1. The Balaban J connectivity index is 1.72. The van der Waals surface area contributed by atoms with Crippen LogP contribution < -0.4 is 15.1 Å². The second kappa shape index (κ2) is 7.48. The number of fused-ring (bicyclic) bond motifs is 2. The van der Waals surface area contributed by atoms with Gasteiger partial charge in [0.05, 0.1) is 17.0 Å². The summed E-state index contributed by atoms with van der Waals surface area (Å²) >= 11 is 1.27. The van der Waals surface area contributed by atoms with Crippen LogP contribution in [0.2, 0.25) is 0 Å². The van der Waals surface area contributed by atoms with Crippen molar-refractivity contribution in [2.24, 2.45) is 0 Å². The Kier molecular flexibility index (Phi) is 4.63. The van der Waals surface area contributed by atoms with Gasteiger partial charge in [0.2, 0.25) is 5.76 Å². The third kappa shape index (κ3) is 3.12. The average molecular weight is 434 g/mol. The maximum Gasteiger partial charge on any atom is 0.297 e. The fraction of sp³-hybridized carbons (Fsp3) is 0.0870. The van der Waals surface area contributed by atoms with Crippen LogP contribution in [0.4, 0.5) is 9.52 Å². The van der Waals surface area contributed by atoms with Gasteiger partial charge in [0.1, 0.15) is 23.8 Å². The van der Waals surface area contributed by atoms with Gasteiger partial charge in [-0.05, 0) is 35.9 Å². The van der Waals surface area contributed by atoms with Crippen LogP contribution in [0.15, 0.2) is 75.9 Å². The van der Waals surface area contributed by atoms with Crippen LogP contribution in [0.25, 0.3) is 11.0 Å². The van der Waals surface area contributed by atoms with E-state index >= 15 is 0 Å². The molecule has 4 aromatic rings. The lowest BCUT2D eigenvalue weighted by Gasteiger charge is -2.22. The number of rotatable bonds is 5. The van der Waals surface area contributed by atoms with Gasteiger partial charge in [0.15, 0.2) is 10.6 Å². The highest BCUT2D eigenvalue weighted by Crippen LogP contribution is 2.42. The van der Waals surface area contributed by atoms with Gasteiger partial charge in [-0.25, -0.2) is 9.37 Å². The van der Waals surface area contributed by atoms with E-state index in [0.29, 0.717) is 23.1 Å². The summed E-state index contributed by atoms with van der Waals surface area (Å²) in [6.45, 7) is 3.98. The second-order valence-corrected chi connectivity index (χ2v) is 7.75. The van der Waals surface area contributed by atoms with Gasteiger partial charge in [0.25, 0.3) is 5.91 Å². The van der Waals surface area contributed by atoms with E-state index in [-0.39, 0.29) is 22.3 Å². The Bertz CT molecular complexity index is 1360. The van der Waals surface area contributed by atoms with Crippen molar-refractivity contribution in [1.29, 1.82) is 0 Å². The second-order valence-electron chi connectivity index (χ2n) is 6.88. The molecule has 2 aromatic carbocycles. The zero-order valence-corrected chi connectivity index (χ0v) is 16.9. The fourth-order valence-corrected chi connectivity index (χ4v) is 4.36. The molecule has 31 heavy (non-hydrogen) atoms. The van der Waals surface area contributed by atoms with Crippen LogP contribution in [0.3, 0.4) is 0 Å². The molecule has 2 aromatic heterocycles. The summed E-state index contributed by atoms with van der Waals surface area (Å²) in [4.78, 5) is 32.4. The first kappa shape index (κ1) is 19.2. The predicted molar refractivity (Wildman–Crippen MR) is 115 cm³/mol. The molecule has 0 bridgehead atoms. The molecule has 0 saturated carbocycles. The third-order valence-electron chi connectivity index (χ3n) is 5.02. The molecule has 0 N–H and O–H groups in total. The number of thiazole rings is 1. The summed E-state index contributed by atoms with van der Waals surface area (Å²) in [6.07, 6.45) is 3.22. The molecule has 0 fully saturated rings. The molecule has 154 valence electrons. The Morgan fingerprint density at radius 2 is 2.03 bits per heavy atom. The molecular weight excluding hydrogens is 419 g/mol. The lowest BCUT2D eigenvalue weighted by atomic mass is 9.98. The molecule has 1 aliphatic rings. The highest BCUT2D eigenvalue weighted by Gasteiger charge is 2.44. The molecule has 1 unspecified atom stereocenters. The normalized spacial score (nSPS) is 15.3. The van der Waals surface area contributed by atoms with Crippen LogP contribution in [0.5, 0.6) is 5.75 Å². The van der Waals surface area contributed by atoms with Crippen LogP contribution in [0, 0.1) is 5.82 Å². The minimum Gasteiger partial charge on any atom is -0.490 e. The number of hydrogen-bond acceptors (Lipinski definition) is 6. The topological polar surface area (TPSA) is 72.6 Å². The van der Waals surface area contributed by atoms with Crippen molar-refractivity contribution in [1.82, 2.24) is 4.98 Å². The van der Waals surface area contributed by atoms with Gasteiger partial charge < -0.3 is 9.15 Å². The Hall–Kier alpha value is -3.78. The summed E-state index contributed by atoms with van der Waals surface area (Å²) in [6, 6.07) is 9.98. The number of benzene rings is 2. The number of ether oxygens (including phenoxy) is 1. The van der Waals surface area contributed by atoms with Gasteiger partial charge in [-0.1, -0.05) is 24.8 Å². The minimum absolute atomic E-state index is 0.0590. The van der Waals surface area contributed by atoms with E-state index in [9.17, 15) is 14.0 Å². The quantitative estimate of drug-likeness (QED) is 0.426. The summed E-state index contributed by atoms with van der Waals surface area (Å²) in [5.41, 5.74) is 0.556. The Morgan fingerprint density at radius 3 is 2.74 bits per heavy atom. The molecule has 1 amide bonds.